The lowest BCUT2D eigenvalue weighted by molar-refractivity contribution is 0.0302. The molecule has 0 bridgehead atoms. The predicted octanol–water partition coefficient (Wildman–Crippen LogP) is 0.998. The third-order valence-corrected chi connectivity index (χ3v) is 0.621. The second-order valence-electron chi connectivity index (χ2n) is 2.10. The lowest BCUT2D eigenvalue weighted by Crippen LogP contribution is -2.16. The average molecular weight is 116 g/mol. The van der Waals surface area contributed by atoms with E-state index in [-0.39, 0.29) is 0 Å². The predicted molar refractivity (Wildman–Crippen MR) is 34.1 cm³/mol. The molecular formula is C6H14NO. The lowest BCUT2D eigenvalue weighted by Gasteiger charge is -2.04. The van der Waals surface area contributed by atoms with Crippen molar-refractivity contribution in [2.45, 2.75) is 13.8 Å². The van der Waals surface area contributed by atoms with Crippen LogP contribution in [-0.4, -0.2) is 13.2 Å². The molecule has 0 aliphatic heterocycles. The normalized spacial score (nSPS) is 10.5. The average Bonchev–Trinajstić information content (AvgIpc) is 1.66. The van der Waals surface area contributed by atoms with E-state index >= 15 is 0 Å². The Hall–Kier alpha value is -0.0800. The van der Waals surface area contributed by atoms with Gasteiger partial charge in [-0.3, -0.25) is 0 Å². The zero-order chi connectivity index (χ0) is 6.41. The van der Waals surface area contributed by atoms with Crippen LogP contribution in [0.5, 0.6) is 0 Å². The summed E-state index contributed by atoms with van der Waals surface area (Å²) in [5.74, 6) is 0.592. The summed E-state index contributed by atoms with van der Waals surface area (Å²) in [4.78, 5) is 4.93. The van der Waals surface area contributed by atoms with E-state index in [0.29, 0.717) is 12.5 Å². The van der Waals surface area contributed by atoms with Crippen LogP contribution in [0.2, 0.25) is 0 Å². The van der Waals surface area contributed by atoms with Gasteiger partial charge in [-0.05, 0) is 12.8 Å². The number of hydrogen-bond donors (Lipinski definition) is 1. The molecule has 0 saturated heterocycles. The number of hydroxylamine groups is 1. The van der Waals surface area contributed by atoms with Crippen molar-refractivity contribution in [3.05, 3.63) is 6.92 Å². The first-order valence-electron chi connectivity index (χ1n) is 2.91. The molecule has 0 unspecified atom stereocenters. The molecule has 1 radical (unpaired) electrons. The summed E-state index contributed by atoms with van der Waals surface area (Å²) in [6.07, 6.45) is 0. The van der Waals surface area contributed by atoms with Gasteiger partial charge in [-0.1, -0.05) is 13.8 Å². The molecule has 0 amide bonds. The largest absolute Gasteiger partial charge is 0.302 e. The van der Waals surface area contributed by atoms with Crippen molar-refractivity contribution in [3.63, 3.8) is 0 Å². The highest BCUT2D eigenvalue weighted by molar-refractivity contribution is 4.38. The summed E-state index contributed by atoms with van der Waals surface area (Å²) >= 11 is 0. The first-order valence-corrected chi connectivity index (χ1v) is 2.91. The summed E-state index contributed by atoms with van der Waals surface area (Å²) in [7, 11) is 0. The zero-order valence-electron chi connectivity index (χ0n) is 5.61. The van der Waals surface area contributed by atoms with E-state index in [0.717, 1.165) is 6.61 Å². The quantitative estimate of drug-likeness (QED) is 0.437. The van der Waals surface area contributed by atoms with Crippen LogP contribution in [0.4, 0.5) is 0 Å². The highest BCUT2D eigenvalue weighted by Gasteiger charge is 1.89. The van der Waals surface area contributed by atoms with Gasteiger partial charge in [0, 0.05) is 6.54 Å². The third-order valence-electron chi connectivity index (χ3n) is 0.621. The molecule has 0 saturated carbocycles. The van der Waals surface area contributed by atoms with Crippen molar-refractivity contribution in [1.29, 1.82) is 0 Å². The van der Waals surface area contributed by atoms with Gasteiger partial charge in [0.05, 0.1) is 6.61 Å². The van der Waals surface area contributed by atoms with Crippen molar-refractivity contribution in [2.24, 2.45) is 5.92 Å². The Morgan fingerprint density at radius 2 is 2.25 bits per heavy atom. The number of rotatable bonds is 4. The van der Waals surface area contributed by atoms with Crippen molar-refractivity contribution in [2.75, 3.05) is 13.2 Å². The maximum Gasteiger partial charge on any atom is 0.0705 e. The van der Waals surface area contributed by atoms with Crippen molar-refractivity contribution < 1.29 is 4.84 Å². The first-order chi connectivity index (χ1) is 3.77. The molecule has 0 atom stereocenters. The fourth-order valence-corrected chi connectivity index (χ4v) is 0.298. The molecular weight excluding hydrogens is 102 g/mol. The van der Waals surface area contributed by atoms with E-state index in [9.17, 15) is 0 Å². The molecule has 0 aromatic rings. The van der Waals surface area contributed by atoms with Crippen molar-refractivity contribution >= 4 is 0 Å². The van der Waals surface area contributed by atoms with Crippen molar-refractivity contribution in [1.82, 2.24) is 5.48 Å². The fourth-order valence-electron chi connectivity index (χ4n) is 0.298. The van der Waals surface area contributed by atoms with Gasteiger partial charge in [0.15, 0.2) is 0 Å². The maximum absolute atomic E-state index is 4.93. The Bertz CT molecular complexity index is 45.8. The molecule has 0 rings (SSSR count). The van der Waals surface area contributed by atoms with Gasteiger partial charge < -0.3 is 4.84 Å². The van der Waals surface area contributed by atoms with Gasteiger partial charge >= 0.3 is 0 Å². The smallest absolute Gasteiger partial charge is 0.0705 e. The summed E-state index contributed by atoms with van der Waals surface area (Å²) in [5.41, 5.74) is 2.67. The SMILES string of the molecule is [CH2]CNOCC(C)C. The van der Waals surface area contributed by atoms with Crippen LogP contribution in [0.3, 0.4) is 0 Å². The molecule has 0 fully saturated rings. The maximum atomic E-state index is 4.93. The number of nitrogens with one attached hydrogen (secondary N) is 1. The third kappa shape index (κ3) is 5.92. The van der Waals surface area contributed by atoms with Crippen LogP contribution < -0.4 is 5.48 Å². The molecule has 2 heteroatoms. The van der Waals surface area contributed by atoms with Crippen LogP contribution in [0.25, 0.3) is 0 Å². The lowest BCUT2D eigenvalue weighted by atomic mass is 10.2. The van der Waals surface area contributed by atoms with Gasteiger partial charge in [-0.25, -0.2) is 5.48 Å². The molecule has 1 N–H and O–H groups in total. The molecule has 0 aromatic heterocycles. The second kappa shape index (κ2) is 5.06. The Kier molecular flexibility index (Phi) is 5.01. The summed E-state index contributed by atoms with van der Waals surface area (Å²) in [5, 5.41) is 0. The monoisotopic (exact) mass is 116 g/mol. The van der Waals surface area contributed by atoms with E-state index < -0.39 is 0 Å². The van der Waals surface area contributed by atoms with Crippen LogP contribution in [-0.2, 0) is 4.84 Å². The van der Waals surface area contributed by atoms with Crippen molar-refractivity contribution in [3.8, 4) is 0 Å². The Morgan fingerprint density at radius 1 is 1.62 bits per heavy atom. The van der Waals surface area contributed by atoms with Crippen LogP contribution in [0, 0.1) is 12.8 Å². The minimum atomic E-state index is 0.592. The van der Waals surface area contributed by atoms with E-state index in [1.165, 1.54) is 0 Å². The minimum absolute atomic E-state index is 0.592. The van der Waals surface area contributed by atoms with Gasteiger partial charge in [0.1, 0.15) is 0 Å². The summed E-state index contributed by atoms with van der Waals surface area (Å²) in [6.45, 7) is 9.14. The summed E-state index contributed by atoms with van der Waals surface area (Å²) < 4.78 is 0. The molecule has 0 heterocycles. The van der Waals surface area contributed by atoms with Crippen LogP contribution in [0.15, 0.2) is 0 Å². The second-order valence-corrected chi connectivity index (χ2v) is 2.10. The van der Waals surface area contributed by atoms with Crippen LogP contribution >= 0.6 is 0 Å². The Balaban J connectivity index is 2.72. The van der Waals surface area contributed by atoms with Gasteiger partial charge in [-0.2, -0.15) is 0 Å². The highest BCUT2D eigenvalue weighted by atomic mass is 16.6. The highest BCUT2D eigenvalue weighted by Crippen LogP contribution is 1.88. The van der Waals surface area contributed by atoms with E-state index in [1.807, 2.05) is 0 Å². The molecule has 2 nitrogen and oxygen atoms in total. The van der Waals surface area contributed by atoms with Gasteiger partial charge in [0.25, 0.3) is 0 Å². The molecule has 0 aliphatic carbocycles. The fraction of sp³-hybridized carbons (Fsp3) is 0.833. The molecule has 0 aromatic carbocycles. The molecule has 49 valence electrons. The first kappa shape index (κ1) is 7.92. The van der Waals surface area contributed by atoms with Gasteiger partial charge in [-0.15, -0.1) is 0 Å². The standard InChI is InChI=1S/C6H14NO/c1-4-7-8-5-6(2)3/h6-7H,1,4-5H2,2-3H3. The summed E-state index contributed by atoms with van der Waals surface area (Å²) in [6, 6.07) is 0. The molecule has 8 heavy (non-hydrogen) atoms. The van der Waals surface area contributed by atoms with E-state index in [2.05, 4.69) is 26.3 Å². The van der Waals surface area contributed by atoms with Gasteiger partial charge in [0.2, 0.25) is 0 Å². The number of hydrogen-bond acceptors (Lipinski definition) is 2. The minimum Gasteiger partial charge on any atom is -0.302 e. The van der Waals surface area contributed by atoms with E-state index in [1.54, 1.807) is 0 Å². The van der Waals surface area contributed by atoms with E-state index in [4.69, 9.17) is 4.84 Å². The molecule has 0 spiro atoms. The Labute approximate surface area is 51.2 Å². The van der Waals surface area contributed by atoms with Crippen LogP contribution in [0.1, 0.15) is 13.8 Å². The topological polar surface area (TPSA) is 21.3 Å². The Morgan fingerprint density at radius 3 is 2.62 bits per heavy atom. The zero-order valence-corrected chi connectivity index (χ0v) is 5.61. The molecule has 0 aliphatic rings.